The van der Waals surface area contributed by atoms with E-state index in [1.165, 1.54) is 12.8 Å². The molecule has 0 aromatic heterocycles. The molecule has 0 aromatic carbocycles. The quantitative estimate of drug-likeness (QED) is 0.568. The maximum atomic E-state index is 10.1. The van der Waals surface area contributed by atoms with Gasteiger partial charge in [-0.05, 0) is 30.6 Å². The summed E-state index contributed by atoms with van der Waals surface area (Å²) in [6.07, 6.45) is 7.75. The van der Waals surface area contributed by atoms with Crippen LogP contribution in [0, 0.1) is 16.7 Å². The Hall–Kier alpha value is -0.300. The second-order valence-electron chi connectivity index (χ2n) is 5.61. The standard InChI is InChI=1S/C12H20O/c1-11(2)8-10(13)12(3)7-5-4-6-9(11)12/h5,7,9-10,13H,4,6,8H2,1-3H3/t9-,10-,12+/m0/s1. The van der Waals surface area contributed by atoms with Crippen LogP contribution in [0.4, 0.5) is 0 Å². The van der Waals surface area contributed by atoms with E-state index in [2.05, 4.69) is 32.9 Å². The van der Waals surface area contributed by atoms with Gasteiger partial charge in [0.2, 0.25) is 0 Å². The van der Waals surface area contributed by atoms with E-state index in [9.17, 15) is 5.11 Å². The van der Waals surface area contributed by atoms with Gasteiger partial charge in [0.1, 0.15) is 0 Å². The first-order chi connectivity index (χ1) is 5.97. The van der Waals surface area contributed by atoms with Crippen LogP contribution < -0.4 is 0 Å². The van der Waals surface area contributed by atoms with E-state index in [1.807, 2.05) is 0 Å². The highest BCUT2D eigenvalue weighted by molar-refractivity contribution is 5.16. The van der Waals surface area contributed by atoms with Gasteiger partial charge in [0.05, 0.1) is 6.10 Å². The van der Waals surface area contributed by atoms with Crippen LogP contribution in [-0.2, 0) is 0 Å². The van der Waals surface area contributed by atoms with E-state index in [1.54, 1.807) is 0 Å². The molecule has 2 rings (SSSR count). The summed E-state index contributed by atoms with van der Waals surface area (Å²) < 4.78 is 0. The van der Waals surface area contributed by atoms with Crippen molar-refractivity contribution in [1.29, 1.82) is 0 Å². The summed E-state index contributed by atoms with van der Waals surface area (Å²) >= 11 is 0. The van der Waals surface area contributed by atoms with Gasteiger partial charge in [0.25, 0.3) is 0 Å². The zero-order valence-corrected chi connectivity index (χ0v) is 8.88. The van der Waals surface area contributed by atoms with Gasteiger partial charge in [-0.1, -0.05) is 32.9 Å². The van der Waals surface area contributed by atoms with Crippen molar-refractivity contribution in [3.05, 3.63) is 12.2 Å². The molecule has 1 fully saturated rings. The molecule has 0 bridgehead atoms. The third-order valence-electron chi connectivity index (χ3n) is 4.23. The van der Waals surface area contributed by atoms with E-state index in [4.69, 9.17) is 0 Å². The summed E-state index contributed by atoms with van der Waals surface area (Å²) in [6, 6.07) is 0. The second-order valence-corrected chi connectivity index (χ2v) is 5.61. The maximum absolute atomic E-state index is 10.1. The van der Waals surface area contributed by atoms with Gasteiger partial charge < -0.3 is 5.11 Å². The van der Waals surface area contributed by atoms with Gasteiger partial charge in [-0.2, -0.15) is 0 Å². The zero-order chi connectivity index (χ0) is 9.69. The lowest BCUT2D eigenvalue weighted by Crippen LogP contribution is -2.34. The molecule has 0 spiro atoms. The minimum Gasteiger partial charge on any atom is -0.392 e. The van der Waals surface area contributed by atoms with Crippen molar-refractivity contribution < 1.29 is 5.11 Å². The topological polar surface area (TPSA) is 20.2 Å². The largest absolute Gasteiger partial charge is 0.392 e. The fourth-order valence-corrected chi connectivity index (χ4v) is 3.46. The highest BCUT2D eigenvalue weighted by atomic mass is 16.3. The lowest BCUT2D eigenvalue weighted by molar-refractivity contribution is 0.0671. The molecule has 0 radical (unpaired) electrons. The minimum absolute atomic E-state index is 0.0573. The van der Waals surface area contributed by atoms with Gasteiger partial charge in [0.15, 0.2) is 0 Å². The molecule has 0 heterocycles. The van der Waals surface area contributed by atoms with Gasteiger partial charge in [-0.3, -0.25) is 0 Å². The molecule has 0 amide bonds. The average molecular weight is 180 g/mol. The number of hydrogen-bond acceptors (Lipinski definition) is 1. The highest BCUT2D eigenvalue weighted by Crippen LogP contribution is 2.57. The van der Waals surface area contributed by atoms with E-state index >= 15 is 0 Å². The predicted molar refractivity (Wildman–Crippen MR) is 54.4 cm³/mol. The van der Waals surface area contributed by atoms with Crippen molar-refractivity contribution in [2.75, 3.05) is 0 Å². The van der Waals surface area contributed by atoms with Gasteiger partial charge in [0, 0.05) is 5.41 Å². The Morgan fingerprint density at radius 3 is 2.62 bits per heavy atom. The fraction of sp³-hybridized carbons (Fsp3) is 0.833. The second kappa shape index (κ2) is 2.60. The monoisotopic (exact) mass is 180 g/mol. The minimum atomic E-state index is -0.135. The third-order valence-corrected chi connectivity index (χ3v) is 4.23. The lowest BCUT2D eigenvalue weighted by Gasteiger charge is -2.39. The van der Waals surface area contributed by atoms with Crippen molar-refractivity contribution in [3.8, 4) is 0 Å². The number of rotatable bonds is 0. The molecule has 2 aliphatic rings. The molecule has 1 N–H and O–H groups in total. The SMILES string of the molecule is CC1(C)C[C@H](O)[C@]2(C)C=CCC[C@@H]12. The molecule has 3 atom stereocenters. The Morgan fingerprint density at radius 1 is 1.31 bits per heavy atom. The van der Waals surface area contributed by atoms with Crippen LogP contribution in [0.15, 0.2) is 12.2 Å². The van der Waals surface area contributed by atoms with Crippen molar-refractivity contribution in [3.63, 3.8) is 0 Å². The van der Waals surface area contributed by atoms with Crippen LogP contribution in [0.5, 0.6) is 0 Å². The maximum Gasteiger partial charge on any atom is 0.0636 e. The third kappa shape index (κ3) is 1.17. The summed E-state index contributed by atoms with van der Waals surface area (Å²) in [6.45, 7) is 6.81. The van der Waals surface area contributed by atoms with Crippen molar-refractivity contribution >= 4 is 0 Å². The average Bonchev–Trinajstić information content (AvgIpc) is 2.20. The Morgan fingerprint density at radius 2 is 2.00 bits per heavy atom. The van der Waals surface area contributed by atoms with Gasteiger partial charge in [-0.25, -0.2) is 0 Å². The lowest BCUT2D eigenvalue weighted by atomic mass is 9.66. The normalized spacial score (nSPS) is 47.7. The summed E-state index contributed by atoms with van der Waals surface area (Å²) in [4.78, 5) is 0. The molecular weight excluding hydrogens is 160 g/mol. The molecule has 0 saturated heterocycles. The fourth-order valence-electron chi connectivity index (χ4n) is 3.46. The van der Waals surface area contributed by atoms with Crippen LogP contribution in [0.25, 0.3) is 0 Å². The van der Waals surface area contributed by atoms with Gasteiger partial charge >= 0.3 is 0 Å². The Bertz CT molecular complexity index is 242. The van der Waals surface area contributed by atoms with Crippen LogP contribution in [-0.4, -0.2) is 11.2 Å². The van der Waals surface area contributed by atoms with Crippen LogP contribution in [0.1, 0.15) is 40.0 Å². The number of aliphatic hydroxyl groups excluding tert-OH is 1. The Kier molecular flexibility index (Phi) is 1.85. The number of aliphatic hydroxyl groups is 1. The Labute approximate surface area is 80.8 Å². The Balaban J connectivity index is 2.38. The smallest absolute Gasteiger partial charge is 0.0636 e. The number of fused-ring (bicyclic) bond motifs is 1. The van der Waals surface area contributed by atoms with E-state index in [-0.39, 0.29) is 11.5 Å². The summed E-state index contributed by atoms with van der Waals surface area (Å²) in [5.41, 5.74) is 0.376. The number of hydrogen-bond donors (Lipinski definition) is 1. The molecule has 0 aliphatic heterocycles. The van der Waals surface area contributed by atoms with Crippen molar-refractivity contribution in [2.24, 2.45) is 16.7 Å². The van der Waals surface area contributed by atoms with E-state index < -0.39 is 0 Å². The zero-order valence-electron chi connectivity index (χ0n) is 8.88. The van der Waals surface area contributed by atoms with Gasteiger partial charge in [-0.15, -0.1) is 0 Å². The van der Waals surface area contributed by atoms with Crippen molar-refractivity contribution in [2.45, 2.75) is 46.1 Å². The summed E-state index contributed by atoms with van der Waals surface area (Å²) in [5.74, 6) is 0.667. The van der Waals surface area contributed by atoms with Crippen LogP contribution >= 0.6 is 0 Å². The first-order valence-electron chi connectivity index (χ1n) is 5.32. The molecule has 13 heavy (non-hydrogen) atoms. The molecule has 1 heteroatoms. The van der Waals surface area contributed by atoms with Crippen LogP contribution in [0.2, 0.25) is 0 Å². The molecule has 1 saturated carbocycles. The predicted octanol–water partition coefficient (Wildman–Crippen LogP) is 2.75. The molecule has 0 unspecified atom stereocenters. The number of allylic oxidation sites excluding steroid dienone is 1. The molecule has 0 aromatic rings. The van der Waals surface area contributed by atoms with Crippen molar-refractivity contribution in [1.82, 2.24) is 0 Å². The highest BCUT2D eigenvalue weighted by Gasteiger charge is 2.54. The molecular formula is C12H20O. The van der Waals surface area contributed by atoms with E-state index in [0.717, 1.165) is 6.42 Å². The first kappa shape index (κ1) is 9.26. The summed E-state index contributed by atoms with van der Waals surface area (Å²) in [7, 11) is 0. The summed E-state index contributed by atoms with van der Waals surface area (Å²) in [5, 5.41) is 10.1. The molecule has 74 valence electrons. The molecule has 1 nitrogen and oxygen atoms in total. The molecule has 2 aliphatic carbocycles. The first-order valence-corrected chi connectivity index (χ1v) is 5.32. The van der Waals surface area contributed by atoms with Crippen LogP contribution in [0.3, 0.4) is 0 Å². The van der Waals surface area contributed by atoms with E-state index in [0.29, 0.717) is 11.3 Å².